The largest absolute Gasteiger partial charge is 0.496 e. The third-order valence-corrected chi connectivity index (χ3v) is 4.01. The van der Waals surface area contributed by atoms with Crippen molar-refractivity contribution in [2.24, 2.45) is 0 Å². The Morgan fingerprint density at radius 1 is 1.27 bits per heavy atom. The van der Waals surface area contributed by atoms with Crippen LogP contribution in [0.25, 0.3) is 0 Å². The highest BCUT2D eigenvalue weighted by Crippen LogP contribution is 2.23. The van der Waals surface area contributed by atoms with Crippen LogP contribution >= 0.6 is 15.9 Å². The second kappa shape index (κ2) is 7.40. The first-order valence-electron chi connectivity index (χ1n) is 7.01. The number of hydrogen-bond donors (Lipinski definition) is 1. The van der Waals surface area contributed by atoms with Crippen LogP contribution < -0.4 is 10.1 Å². The molecule has 0 saturated carbocycles. The van der Waals surface area contributed by atoms with Crippen LogP contribution in [-0.4, -0.2) is 18.0 Å². The summed E-state index contributed by atoms with van der Waals surface area (Å²) < 4.78 is 6.38. The van der Waals surface area contributed by atoms with Crippen molar-refractivity contribution < 1.29 is 9.53 Å². The van der Waals surface area contributed by atoms with E-state index in [1.54, 1.807) is 13.3 Å². The molecule has 0 aliphatic rings. The summed E-state index contributed by atoms with van der Waals surface area (Å²) in [6.45, 7) is 4.31. The zero-order valence-electron chi connectivity index (χ0n) is 12.9. The summed E-state index contributed by atoms with van der Waals surface area (Å²) in [7, 11) is 1.64. The number of ether oxygens (including phenoxy) is 1. The summed E-state index contributed by atoms with van der Waals surface area (Å²) in [5.41, 5.74) is 3.76. The molecular formula is C17H19BrN2O2. The van der Waals surface area contributed by atoms with E-state index in [9.17, 15) is 4.79 Å². The molecule has 5 heteroatoms. The number of aryl methyl sites for hydroxylation is 1. The van der Waals surface area contributed by atoms with Crippen LogP contribution in [-0.2, 0) is 17.8 Å². The predicted octanol–water partition coefficient (Wildman–Crippen LogP) is 3.33. The van der Waals surface area contributed by atoms with Crippen molar-refractivity contribution in [3.8, 4) is 5.75 Å². The lowest BCUT2D eigenvalue weighted by molar-refractivity contribution is -0.120. The van der Waals surface area contributed by atoms with E-state index >= 15 is 0 Å². The van der Waals surface area contributed by atoms with Crippen LogP contribution in [0.5, 0.6) is 5.75 Å². The van der Waals surface area contributed by atoms with Gasteiger partial charge in [0.1, 0.15) is 5.75 Å². The third-order valence-electron chi connectivity index (χ3n) is 3.48. The number of nitrogens with zero attached hydrogens (tertiary/aromatic N) is 1. The molecule has 0 fully saturated rings. The van der Waals surface area contributed by atoms with Crippen molar-refractivity contribution in [3.63, 3.8) is 0 Å². The molecule has 1 N–H and O–H groups in total. The van der Waals surface area contributed by atoms with Crippen LogP contribution in [0.15, 0.2) is 34.9 Å². The molecule has 0 aliphatic carbocycles. The molecule has 1 heterocycles. The van der Waals surface area contributed by atoms with Gasteiger partial charge in [-0.1, -0.05) is 28.1 Å². The first kappa shape index (κ1) is 16.5. The van der Waals surface area contributed by atoms with E-state index in [2.05, 4.69) is 26.2 Å². The molecule has 0 spiro atoms. The lowest BCUT2D eigenvalue weighted by Gasteiger charge is -2.12. The summed E-state index contributed by atoms with van der Waals surface area (Å²) in [4.78, 5) is 16.4. The van der Waals surface area contributed by atoms with Gasteiger partial charge in [0.05, 0.1) is 25.8 Å². The van der Waals surface area contributed by atoms with E-state index in [1.165, 1.54) is 0 Å². The average Bonchev–Trinajstić information content (AvgIpc) is 2.49. The number of rotatable bonds is 5. The van der Waals surface area contributed by atoms with Crippen molar-refractivity contribution in [1.82, 2.24) is 10.3 Å². The fourth-order valence-electron chi connectivity index (χ4n) is 2.28. The number of carbonyl (C=O) groups is 1. The summed E-state index contributed by atoms with van der Waals surface area (Å²) in [5.74, 6) is 0.801. The Hall–Kier alpha value is -1.88. The number of amides is 1. The van der Waals surface area contributed by atoms with Crippen LogP contribution in [0.2, 0.25) is 0 Å². The molecule has 0 saturated heterocycles. The van der Waals surface area contributed by atoms with Crippen molar-refractivity contribution in [2.45, 2.75) is 26.8 Å². The Morgan fingerprint density at radius 2 is 1.95 bits per heavy atom. The van der Waals surface area contributed by atoms with Crippen molar-refractivity contribution >= 4 is 21.8 Å². The Labute approximate surface area is 139 Å². The van der Waals surface area contributed by atoms with Gasteiger partial charge in [-0.05, 0) is 31.5 Å². The number of methoxy groups -OCH3 is 1. The second-order valence-corrected chi connectivity index (χ2v) is 6.04. The summed E-state index contributed by atoms with van der Waals surface area (Å²) in [5, 5.41) is 2.90. The van der Waals surface area contributed by atoms with Gasteiger partial charge in [-0.3, -0.25) is 9.78 Å². The van der Waals surface area contributed by atoms with Gasteiger partial charge in [-0.25, -0.2) is 0 Å². The molecule has 22 heavy (non-hydrogen) atoms. The maximum absolute atomic E-state index is 12.0. The zero-order valence-corrected chi connectivity index (χ0v) is 14.5. The normalized spacial score (nSPS) is 10.4. The number of carbonyl (C=O) groups excluding carboxylic acids is 1. The molecule has 1 amide bonds. The maximum Gasteiger partial charge on any atom is 0.224 e. The zero-order chi connectivity index (χ0) is 16.1. The summed E-state index contributed by atoms with van der Waals surface area (Å²) >= 11 is 3.38. The Kier molecular flexibility index (Phi) is 5.55. The van der Waals surface area contributed by atoms with Gasteiger partial charge in [0.15, 0.2) is 0 Å². The van der Waals surface area contributed by atoms with Crippen molar-refractivity contribution in [1.29, 1.82) is 0 Å². The summed E-state index contributed by atoms with van der Waals surface area (Å²) in [6.07, 6.45) is 2.12. The highest BCUT2D eigenvalue weighted by molar-refractivity contribution is 9.10. The highest BCUT2D eigenvalue weighted by atomic mass is 79.9. The van der Waals surface area contributed by atoms with E-state index in [1.807, 2.05) is 38.1 Å². The molecule has 116 valence electrons. The number of aromatic nitrogens is 1. The molecule has 0 bridgehead atoms. The smallest absolute Gasteiger partial charge is 0.224 e. The van der Waals surface area contributed by atoms with E-state index < -0.39 is 0 Å². The summed E-state index contributed by atoms with van der Waals surface area (Å²) in [6, 6.07) is 7.72. The van der Waals surface area contributed by atoms with Gasteiger partial charge in [0, 0.05) is 21.8 Å². The lowest BCUT2D eigenvalue weighted by Crippen LogP contribution is -2.25. The van der Waals surface area contributed by atoms with Gasteiger partial charge < -0.3 is 10.1 Å². The molecule has 2 rings (SSSR count). The minimum atomic E-state index is -0.0249. The van der Waals surface area contributed by atoms with Gasteiger partial charge in [-0.2, -0.15) is 0 Å². The SMILES string of the molecule is COc1c(C)cnc(CNC(=O)Cc2ccc(Br)cc2)c1C. The van der Waals surface area contributed by atoms with Crippen molar-refractivity contribution in [3.05, 3.63) is 57.3 Å². The first-order valence-corrected chi connectivity index (χ1v) is 7.80. The molecule has 0 radical (unpaired) electrons. The highest BCUT2D eigenvalue weighted by Gasteiger charge is 2.10. The minimum Gasteiger partial charge on any atom is -0.496 e. The molecular weight excluding hydrogens is 344 g/mol. The number of pyridine rings is 1. The van der Waals surface area contributed by atoms with E-state index in [-0.39, 0.29) is 5.91 Å². The van der Waals surface area contributed by atoms with Gasteiger partial charge in [-0.15, -0.1) is 0 Å². The van der Waals surface area contributed by atoms with Gasteiger partial charge >= 0.3 is 0 Å². The molecule has 4 nitrogen and oxygen atoms in total. The van der Waals surface area contributed by atoms with Crippen LogP contribution in [0.1, 0.15) is 22.4 Å². The average molecular weight is 363 g/mol. The molecule has 0 atom stereocenters. The number of halogens is 1. The maximum atomic E-state index is 12.0. The Balaban J connectivity index is 1.98. The number of hydrogen-bond acceptors (Lipinski definition) is 3. The number of nitrogens with one attached hydrogen (secondary N) is 1. The van der Waals surface area contributed by atoms with E-state index in [0.29, 0.717) is 13.0 Å². The predicted molar refractivity (Wildman–Crippen MR) is 90.0 cm³/mol. The monoisotopic (exact) mass is 362 g/mol. The van der Waals surface area contributed by atoms with Crippen LogP contribution in [0, 0.1) is 13.8 Å². The lowest BCUT2D eigenvalue weighted by atomic mass is 10.1. The fraction of sp³-hybridized carbons (Fsp3) is 0.294. The topological polar surface area (TPSA) is 51.2 Å². The standard InChI is InChI=1S/C17H19BrN2O2/c1-11-9-19-15(12(2)17(11)22-3)10-20-16(21)8-13-4-6-14(18)7-5-13/h4-7,9H,8,10H2,1-3H3,(H,20,21). The van der Waals surface area contributed by atoms with E-state index in [0.717, 1.165) is 32.6 Å². The molecule has 2 aromatic rings. The van der Waals surface area contributed by atoms with Crippen molar-refractivity contribution in [2.75, 3.05) is 7.11 Å². The molecule has 1 aromatic heterocycles. The Bertz CT molecular complexity index is 669. The molecule has 0 unspecified atom stereocenters. The molecule has 1 aromatic carbocycles. The fourth-order valence-corrected chi connectivity index (χ4v) is 2.55. The van der Waals surface area contributed by atoms with Crippen LogP contribution in [0.4, 0.5) is 0 Å². The Morgan fingerprint density at radius 3 is 2.59 bits per heavy atom. The second-order valence-electron chi connectivity index (χ2n) is 5.13. The number of benzene rings is 1. The van der Waals surface area contributed by atoms with Gasteiger partial charge in [0.2, 0.25) is 5.91 Å². The molecule has 0 aliphatic heterocycles. The minimum absolute atomic E-state index is 0.0249. The first-order chi connectivity index (χ1) is 10.5. The van der Waals surface area contributed by atoms with E-state index in [4.69, 9.17) is 4.74 Å². The third kappa shape index (κ3) is 4.07. The van der Waals surface area contributed by atoms with Crippen LogP contribution in [0.3, 0.4) is 0 Å². The quantitative estimate of drug-likeness (QED) is 0.887. The van der Waals surface area contributed by atoms with Gasteiger partial charge in [0.25, 0.3) is 0 Å².